The van der Waals surface area contributed by atoms with E-state index >= 15 is 0 Å². The Kier molecular flexibility index (Phi) is 5.20. The quantitative estimate of drug-likeness (QED) is 0.838. The third-order valence-corrected chi connectivity index (χ3v) is 3.61. The summed E-state index contributed by atoms with van der Waals surface area (Å²) in [6.07, 6.45) is 4.13. The average molecular weight is 291 g/mol. The summed E-state index contributed by atoms with van der Waals surface area (Å²) in [4.78, 5) is 0. The smallest absolute Gasteiger partial charge is 0.167 e. The molecule has 0 radical (unpaired) electrons. The van der Waals surface area contributed by atoms with Crippen LogP contribution in [-0.2, 0) is 6.54 Å². The van der Waals surface area contributed by atoms with E-state index in [0.29, 0.717) is 18.3 Å². The zero-order valence-corrected chi connectivity index (χ0v) is 12.8. The Morgan fingerprint density at radius 1 is 1.29 bits per heavy atom. The molecule has 0 aliphatic heterocycles. The molecule has 5 heteroatoms. The number of rotatable bonds is 7. The van der Waals surface area contributed by atoms with Crippen LogP contribution >= 0.6 is 0 Å². The molecule has 0 aliphatic carbocycles. The van der Waals surface area contributed by atoms with Gasteiger partial charge in [0.1, 0.15) is 0 Å². The summed E-state index contributed by atoms with van der Waals surface area (Å²) in [5, 5.41) is 7.73. The van der Waals surface area contributed by atoms with Crippen LogP contribution in [0.2, 0.25) is 0 Å². The van der Waals surface area contributed by atoms with Crippen molar-refractivity contribution in [1.82, 2.24) is 9.78 Å². The highest BCUT2D eigenvalue weighted by atomic mass is 19.1. The molecule has 1 N–H and O–H groups in total. The SMILES string of the molecule is CCC(CC)n1ccc(CNc2ccc(OC)c(F)c2)n1. The van der Waals surface area contributed by atoms with Crippen molar-refractivity contribution >= 4 is 5.69 Å². The molecule has 2 rings (SSSR count). The lowest BCUT2D eigenvalue weighted by molar-refractivity contribution is 0.386. The molecule has 0 saturated heterocycles. The first kappa shape index (κ1) is 15.4. The molecular weight excluding hydrogens is 269 g/mol. The molecule has 0 saturated carbocycles. The average Bonchev–Trinajstić information content (AvgIpc) is 2.95. The van der Waals surface area contributed by atoms with Crippen LogP contribution in [0, 0.1) is 5.82 Å². The summed E-state index contributed by atoms with van der Waals surface area (Å²) in [6.45, 7) is 4.89. The van der Waals surface area contributed by atoms with Crippen LogP contribution in [0.4, 0.5) is 10.1 Å². The van der Waals surface area contributed by atoms with E-state index in [0.717, 1.165) is 18.5 Å². The minimum atomic E-state index is -0.370. The normalized spacial score (nSPS) is 10.9. The van der Waals surface area contributed by atoms with Gasteiger partial charge in [-0.2, -0.15) is 5.10 Å². The van der Waals surface area contributed by atoms with Gasteiger partial charge in [0.25, 0.3) is 0 Å². The summed E-state index contributed by atoms with van der Waals surface area (Å²) >= 11 is 0. The van der Waals surface area contributed by atoms with Gasteiger partial charge in [-0.05, 0) is 31.0 Å². The van der Waals surface area contributed by atoms with Gasteiger partial charge in [-0.1, -0.05) is 13.8 Å². The predicted molar refractivity (Wildman–Crippen MR) is 82.1 cm³/mol. The molecule has 0 bridgehead atoms. The number of anilines is 1. The molecule has 114 valence electrons. The summed E-state index contributed by atoms with van der Waals surface area (Å²) < 4.78 is 20.5. The van der Waals surface area contributed by atoms with Gasteiger partial charge >= 0.3 is 0 Å². The second-order valence-corrected chi connectivity index (χ2v) is 4.96. The molecular formula is C16H22FN3O. The fourth-order valence-electron chi connectivity index (χ4n) is 2.31. The third kappa shape index (κ3) is 3.74. The molecule has 2 aromatic rings. The van der Waals surface area contributed by atoms with Crippen molar-refractivity contribution in [2.45, 2.75) is 39.3 Å². The van der Waals surface area contributed by atoms with Gasteiger partial charge in [0, 0.05) is 18.0 Å². The van der Waals surface area contributed by atoms with Crippen LogP contribution in [0.5, 0.6) is 5.75 Å². The Hall–Kier alpha value is -2.04. The standard InChI is InChI=1S/C16H22FN3O/c1-4-14(5-2)20-9-8-13(19-20)11-18-12-6-7-16(21-3)15(17)10-12/h6-10,14,18H,4-5,11H2,1-3H3. The number of nitrogens with zero attached hydrogens (tertiary/aromatic N) is 2. The van der Waals surface area contributed by atoms with Crippen molar-refractivity contribution in [3.63, 3.8) is 0 Å². The van der Waals surface area contributed by atoms with Gasteiger partial charge in [-0.3, -0.25) is 4.68 Å². The first-order valence-electron chi connectivity index (χ1n) is 7.29. The van der Waals surface area contributed by atoms with Crippen molar-refractivity contribution in [2.24, 2.45) is 0 Å². The summed E-state index contributed by atoms with van der Waals surface area (Å²) in [5.41, 5.74) is 1.66. The molecule has 1 aromatic heterocycles. The maximum Gasteiger partial charge on any atom is 0.167 e. The van der Waals surface area contributed by atoms with E-state index in [9.17, 15) is 4.39 Å². The number of halogens is 1. The molecule has 0 aliphatic rings. The van der Waals surface area contributed by atoms with E-state index < -0.39 is 0 Å². The molecule has 0 spiro atoms. The zero-order chi connectivity index (χ0) is 15.2. The molecule has 1 aromatic carbocycles. The molecule has 21 heavy (non-hydrogen) atoms. The van der Waals surface area contributed by atoms with E-state index in [1.54, 1.807) is 12.1 Å². The van der Waals surface area contributed by atoms with E-state index in [-0.39, 0.29) is 11.6 Å². The number of hydrogen-bond acceptors (Lipinski definition) is 3. The van der Waals surface area contributed by atoms with Gasteiger partial charge in [0.15, 0.2) is 11.6 Å². The Morgan fingerprint density at radius 2 is 2.05 bits per heavy atom. The maximum absolute atomic E-state index is 13.6. The van der Waals surface area contributed by atoms with Gasteiger partial charge in [-0.15, -0.1) is 0 Å². The lowest BCUT2D eigenvalue weighted by atomic mass is 10.2. The highest BCUT2D eigenvalue weighted by molar-refractivity contribution is 5.47. The lowest BCUT2D eigenvalue weighted by Gasteiger charge is -2.12. The Bertz CT molecular complexity index is 579. The van der Waals surface area contributed by atoms with Crippen LogP contribution in [0.25, 0.3) is 0 Å². The lowest BCUT2D eigenvalue weighted by Crippen LogP contribution is -2.09. The van der Waals surface area contributed by atoms with E-state index in [1.165, 1.54) is 13.2 Å². The Balaban J connectivity index is 1.98. The monoisotopic (exact) mass is 291 g/mol. The molecule has 0 amide bonds. The number of benzene rings is 1. The first-order chi connectivity index (χ1) is 10.2. The van der Waals surface area contributed by atoms with Crippen molar-refractivity contribution in [3.8, 4) is 5.75 Å². The van der Waals surface area contributed by atoms with Crippen LogP contribution in [0.3, 0.4) is 0 Å². The van der Waals surface area contributed by atoms with E-state index in [4.69, 9.17) is 4.74 Å². The molecule has 4 nitrogen and oxygen atoms in total. The molecule has 0 fully saturated rings. The number of methoxy groups -OCH3 is 1. The Morgan fingerprint density at radius 3 is 2.67 bits per heavy atom. The summed E-state index contributed by atoms with van der Waals surface area (Å²) in [7, 11) is 1.45. The number of hydrogen-bond donors (Lipinski definition) is 1. The van der Waals surface area contributed by atoms with Gasteiger partial charge in [0.05, 0.1) is 25.4 Å². The fraction of sp³-hybridized carbons (Fsp3) is 0.438. The minimum absolute atomic E-state index is 0.249. The fourth-order valence-corrected chi connectivity index (χ4v) is 2.31. The van der Waals surface area contributed by atoms with Crippen LogP contribution in [-0.4, -0.2) is 16.9 Å². The molecule has 0 unspecified atom stereocenters. The molecule has 0 atom stereocenters. The van der Waals surface area contributed by atoms with Gasteiger partial charge in [0.2, 0.25) is 0 Å². The van der Waals surface area contributed by atoms with Crippen molar-refractivity contribution in [1.29, 1.82) is 0 Å². The summed E-state index contributed by atoms with van der Waals surface area (Å²) in [5.74, 6) is -0.122. The topological polar surface area (TPSA) is 39.1 Å². The summed E-state index contributed by atoms with van der Waals surface area (Å²) in [6, 6.07) is 7.26. The molecule has 1 heterocycles. The maximum atomic E-state index is 13.6. The second kappa shape index (κ2) is 7.11. The Labute approximate surface area is 124 Å². The third-order valence-electron chi connectivity index (χ3n) is 3.61. The van der Waals surface area contributed by atoms with Crippen molar-refractivity contribution in [2.75, 3.05) is 12.4 Å². The second-order valence-electron chi connectivity index (χ2n) is 4.96. The minimum Gasteiger partial charge on any atom is -0.494 e. The van der Waals surface area contributed by atoms with Gasteiger partial charge < -0.3 is 10.1 Å². The first-order valence-corrected chi connectivity index (χ1v) is 7.29. The number of aromatic nitrogens is 2. The van der Waals surface area contributed by atoms with Crippen molar-refractivity contribution in [3.05, 3.63) is 42.0 Å². The number of ether oxygens (including phenoxy) is 1. The highest BCUT2D eigenvalue weighted by Crippen LogP contribution is 2.21. The van der Waals surface area contributed by atoms with E-state index in [2.05, 4.69) is 24.3 Å². The van der Waals surface area contributed by atoms with Crippen LogP contribution in [0.15, 0.2) is 30.5 Å². The van der Waals surface area contributed by atoms with Gasteiger partial charge in [-0.25, -0.2) is 4.39 Å². The van der Waals surface area contributed by atoms with Crippen molar-refractivity contribution < 1.29 is 9.13 Å². The van der Waals surface area contributed by atoms with E-state index in [1.807, 2.05) is 16.9 Å². The number of nitrogens with one attached hydrogen (secondary N) is 1. The van der Waals surface area contributed by atoms with Crippen LogP contribution < -0.4 is 10.1 Å². The largest absolute Gasteiger partial charge is 0.494 e. The van der Waals surface area contributed by atoms with Crippen LogP contribution in [0.1, 0.15) is 38.4 Å². The highest BCUT2D eigenvalue weighted by Gasteiger charge is 2.08. The zero-order valence-electron chi connectivity index (χ0n) is 12.8. The predicted octanol–water partition coefficient (Wildman–Crippen LogP) is 4.00.